The molecule has 1 fully saturated rings. The highest BCUT2D eigenvalue weighted by Gasteiger charge is 2.06. The van der Waals surface area contributed by atoms with Crippen molar-refractivity contribution in [2.75, 3.05) is 26.0 Å². The standard InChI is InChI=1S/C5H11P.CH5N/c1-6-4-2-3-5-6;1-2/h2-5H2,1H3;2H2,1H3. The van der Waals surface area contributed by atoms with Gasteiger partial charge in [0, 0.05) is 0 Å². The summed E-state index contributed by atoms with van der Waals surface area (Å²) in [6.45, 7) is 2.41. The van der Waals surface area contributed by atoms with Crippen molar-refractivity contribution in [1.29, 1.82) is 0 Å². The molecule has 50 valence electrons. The molecular weight excluding hydrogens is 117 g/mol. The van der Waals surface area contributed by atoms with E-state index in [1.807, 2.05) is 0 Å². The zero-order chi connectivity index (χ0) is 6.41. The molecule has 0 radical (unpaired) electrons. The zero-order valence-corrected chi connectivity index (χ0v) is 6.75. The third-order valence-electron chi connectivity index (χ3n) is 1.33. The summed E-state index contributed by atoms with van der Waals surface area (Å²) in [7, 11) is 2.03. The molecule has 0 unspecified atom stereocenters. The second-order valence-corrected chi connectivity index (χ2v) is 4.62. The molecule has 0 spiro atoms. The Morgan fingerprint density at radius 1 is 1.12 bits per heavy atom. The summed E-state index contributed by atoms with van der Waals surface area (Å²) in [6, 6.07) is 0. The van der Waals surface area contributed by atoms with Gasteiger partial charge in [0.25, 0.3) is 0 Å². The molecular formula is C6H16NP. The smallest absolute Gasteiger partial charge is 0.0195 e. The predicted octanol–water partition coefficient (Wildman–Crippen LogP) is 1.47. The average Bonchev–Trinajstić information content (AvgIpc) is 2.24. The van der Waals surface area contributed by atoms with E-state index in [1.54, 1.807) is 12.3 Å². The van der Waals surface area contributed by atoms with Crippen LogP contribution < -0.4 is 5.73 Å². The molecule has 0 aromatic heterocycles. The summed E-state index contributed by atoms with van der Waals surface area (Å²) in [4.78, 5) is 0. The minimum atomic E-state index is 0.535. The molecule has 1 nitrogen and oxygen atoms in total. The van der Waals surface area contributed by atoms with Gasteiger partial charge in [-0.3, -0.25) is 0 Å². The van der Waals surface area contributed by atoms with Gasteiger partial charge in [-0.2, -0.15) is 0 Å². The molecule has 0 saturated carbocycles. The van der Waals surface area contributed by atoms with E-state index < -0.39 is 0 Å². The highest BCUT2D eigenvalue weighted by molar-refractivity contribution is 7.57. The zero-order valence-electron chi connectivity index (χ0n) is 5.85. The lowest BCUT2D eigenvalue weighted by Crippen LogP contribution is -1.69. The van der Waals surface area contributed by atoms with E-state index in [0.717, 1.165) is 0 Å². The van der Waals surface area contributed by atoms with E-state index in [4.69, 9.17) is 0 Å². The van der Waals surface area contributed by atoms with Crippen LogP contribution in [-0.2, 0) is 0 Å². The number of rotatable bonds is 0. The summed E-state index contributed by atoms with van der Waals surface area (Å²) in [5.74, 6) is 0. The molecule has 0 aromatic rings. The van der Waals surface area contributed by atoms with Crippen LogP contribution >= 0.6 is 7.92 Å². The first-order valence-corrected chi connectivity index (χ1v) is 5.32. The molecule has 2 heteroatoms. The SMILES string of the molecule is CN.CP1CCCC1. The predicted molar refractivity (Wildman–Crippen MR) is 41.9 cm³/mol. The summed E-state index contributed by atoms with van der Waals surface area (Å²) >= 11 is 0. The van der Waals surface area contributed by atoms with Crippen LogP contribution in [-0.4, -0.2) is 26.0 Å². The van der Waals surface area contributed by atoms with E-state index in [2.05, 4.69) is 12.4 Å². The van der Waals surface area contributed by atoms with Gasteiger partial charge >= 0.3 is 0 Å². The van der Waals surface area contributed by atoms with Crippen LogP contribution in [0.1, 0.15) is 12.8 Å². The van der Waals surface area contributed by atoms with Crippen molar-refractivity contribution >= 4 is 7.92 Å². The monoisotopic (exact) mass is 133 g/mol. The molecule has 0 aromatic carbocycles. The van der Waals surface area contributed by atoms with Gasteiger partial charge in [-0.1, -0.05) is 0 Å². The lowest BCUT2D eigenvalue weighted by molar-refractivity contribution is 0.949. The Morgan fingerprint density at radius 3 is 1.62 bits per heavy atom. The number of hydrogen-bond acceptors (Lipinski definition) is 1. The third-order valence-corrected chi connectivity index (χ3v) is 3.49. The van der Waals surface area contributed by atoms with Crippen LogP contribution in [0.4, 0.5) is 0 Å². The molecule has 1 rings (SSSR count). The summed E-state index contributed by atoms with van der Waals surface area (Å²) in [5, 5.41) is 0. The lowest BCUT2D eigenvalue weighted by Gasteiger charge is -1.93. The Bertz CT molecular complexity index is 41.8. The van der Waals surface area contributed by atoms with E-state index in [0.29, 0.717) is 7.92 Å². The maximum Gasteiger partial charge on any atom is -0.0195 e. The molecule has 0 amide bonds. The first-order chi connectivity index (χ1) is 3.89. The van der Waals surface area contributed by atoms with Crippen molar-refractivity contribution in [3.05, 3.63) is 0 Å². The highest BCUT2D eigenvalue weighted by atomic mass is 31.1. The van der Waals surface area contributed by atoms with Crippen molar-refractivity contribution in [3.8, 4) is 0 Å². The fraction of sp³-hybridized carbons (Fsp3) is 1.00. The summed E-state index contributed by atoms with van der Waals surface area (Å²) in [5.41, 5.74) is 4.50. The third kappa shape index (κ3) is 3.40. The molecule has 1 aliphatic rings. The van der Waals surface area contributed by atoms with E-state index in [-0.39, 0.29) is 0 Å². The van der Waals surface area contributed by atoms with E-state index in [1.165, 1.54) is 19.9 Å². The van der Waals surface area contributed by atoms with Gasteiger partial charge < -0.3 is 5.73 Å². The molecule has 1 saturated heterocycles. The molecule has 0 bridgehead atoms. The van der Waals surface area contributed by atoms with Gasteiger partial charge in [-0.15, -0.1) is 7.92 Å². The molecule has 0 atom stereocenters. The summed E-state index contributed by atoms with van der Waals surface area (Å²) < 4.78 is 0. The maximum absolute atomic E-state index is 4.50. The fourth-order valence-electron chi connectivity index (χ4n) is 0.875. The Hall–Kier alpha value is 0.390. The maximum atomic E-state index is 4.50. The van der Waals surface area contributed by atoms with Gasteiger partial charge in [-0.05, 0) is 38.9 Å². The van der Waals surface area contributed by atoms with Gasteiger partial charge in [-0.25, -0.2) is 0 Å². The van der Waals surface area contributed by atoms with Gasteiger partial charge in [0.05, 0.1) is 0 Å². The minimum absolute atomic E-state index is 0.535. The van der Waals surface area contributed by atoms with Crippen molar-refractivity contribution in [3.63, 3.8) is 0 Å². The van der Waals surface area contributed by atoms with Crippen LogP contribution in [0.5, 0.6) is 0 Å². The van der Waals surface area contributed by atoms with Crippen LogP contribution in [0.15, 0.2) is 0 Å². The number of nitrogens with two attached hydrogens (primary N) is 1. The van der Waals surface area contributed by atoms with Crippen molar-refractivity contribution < 1.29 is 0 Å². The molecule has 1 aliphatic heterocycles. The Labute approximate surface area is 53.4 Å². The molecule has 2 N–H and O–H groups in total. The normalized spacial score (nSPS) is 19.9. The van der Waals surface area contributed by atoms with Crippen molar-refractivity contribution in [2.45, 2.75) is 12.8 Å². The van der Waals surface area contributed by atoms with Crippen LogP contribution in [0.2, 0.25) is 0 Å². The van der Waals surface area contributed by atoms with Crippen LogP contribution in [0.25, 0.3) is 0 Å². The van der Waals surface area contributed by atoms with Crippen LogP contribution in [0.3, 0.4) is 0 Å². The second-order valence-electron chi connectivity index (χ2n) is 2.01. The first-order valence-electron chi connectivity index (χ1n) is 3.16. The van der Waals surface area contributed by atoms with Crippen molar-refractivity contribution in [2.24, 2.45) is 5.73 Å². The highest BCUT2D eigenvalue weighted by Crippen LogP contribution is 2.38. The summed E-state index contributed by atoms with van der Waals surface area (Å²) in [6.07, 6.45) is 6.13. The minimum Gasteiger partial charge on any atom is -0.333 e. The van der Waals surface area contributed by atoms with Crippen LogP contribution in [0, 0.1) is 0 Å². The van der Waals surface area contributed by atoms with Crippen molar-refractivity contribution in [1.82, 2.24) is 0 Å². The molecule has 8 heavy (non-hydrogen) atoms. The first kappa shape index (κ1) is 8.39. The largest absolute Gasteiger partial charge is 0.333 e. The second kappa shape index (κ2) is 5.53. The topological polar surface area (TPSA) is 26.0 Å². The van der Waals surface area contributed by atoms with Gasteiger partial charge in [0.15, 0.2) is 0 Å². The Morgan fingerprint density at radius 2 is 1.50 bits per heavy atom. The Balaban J connectivity index is 0.000000222. The quantitative estimate of drug-likeness (QED) is 0.497. The molecule has 0 aliphatic carbocycles. The number of hydrogen-bond donors (Lipinski definition) is 1. The van der Waals surface area contributed by atoms with Gasteiger partial charge in [0.2, 0.25) is 0 Å². The average molecular weight is 133 g/mol. The molecule has 1 heterocycles. The van der Waals surface area contributed by atoms with Gasteiger partial charge in [0.1, 0.15) is 0 Å². The van der Waals surface area contributed by atoms with E-state index in [9.17, 15) is 0 Å². The lowest BCUT2D eigenvalue weighted by atomic mass is 10.4. The Kier molecular flexibility index (Phi) is 5.79. The fourth-order valence-corrected chi connectivity index (χ4v) is 2.63. The van der Waals surface area contributed by atoms with E-state index >= 15 is 0 Å².